The molecule has 0 saturated heterocycles. The number of nitrogens with zero attached hydrogens (tertiary/aromatic N) is 2. The summed E-state index contributed by atoms with van der Waals surface area (Å²) in [6.45, 7) is 8.60. The van der Waals surface area contributed by atoms with Gasteiger partial charge in [-0.3, -0.25) is 4.79 Å². The molecule has 1 aliphatic heterocycles. The molecule has 1 N–H and O–H groups in total. The molecule has 1 amide bonds. The van der Waals surface area contributed by atoms with Gasteiger partial charge in [-0.05, 0) is 32.9 Å². The number of para-hydroxylation sites is 1. The van der Waals surface area contributed by atoms with Crippen molar-refractivity contribution in [1.29, 1.82) is 0 Å². The largest absolute Gasteiger partial charge is 0.358 e. The van der Waals surface area contributed by atoms with Crippen LogP contribution in [0.15, 0.2) is 30.3 Å². The van der Waals surface area contributed by atoms with E-state index >= 15 is 0 Å². The topological polar surface area (TPSA) is 41.0 Å². The zero-order valence-corrected chi connectivity index (χ0v) is 14.5. The normalized spacial score (nSPS) is 14.2. The highest BCUT2D eigenvalue weighted by molar-refractivity contribution is 5.96. The Morgan fingerprint density at radius 3 is 2.79 bits per heavy atom. The molecule has 3 heterocycles. The van der Waals surface area contributed by atoms with Crippen molar-refractivity contribution in [2.75, 3.05) is 6.54 Å². The Bertz CT molecular complexity index is 932. The molecule has 0 aliphatic carbocycles. The predicted molar refractivity (Wildman–Crippen MR) is 96.3 cm³/mol. The molecule has 0 atom stereocenters. The number of aromatic amines is 1. The number of nitrogens with one attached hydrogen (secondary N) is 1. The van der Waals surface area contributed by atoms with Gasteiger partial charge in [0.05, 0.1) is 5.56 Å². The van der Waals surface area contributed by atoms with Crippen LogP contribution in [0.1, 0.15) is 39.9 Å². The van der Waals surface area contributed by atoms with Crippen LogP contribution in [-0.2, 0) is 19.5 Å². The van der Waals surface area contributed by atoms with Crippen molar-refractivity contribution in [3.8, 4) is 0 Å². The van der Waals surface area contributed by atoms with Crippen molar-refractivity contribution in [3.63, 3.8) is 0 Å². The van der Waals surface area contributed by atoms with Gasteiger partial charge < -0.3 is 14.5 Å². The van der Waals surface area contributed by atoms with E-state index in [0.717, 1.165) is 36.5 Å². The molecule has 4 heteroatoms. The lowest BCUT2D eigenvalue weighted by Gasteiger charge is -2.27. The second-order valence-corrected chi connectivity index (χ2v) is 6.63. The number of fused-ring (bicyclic) bond motifs is 3. The standard InChI is InChI=1S/C20H23N3O/c1-4-23-13(2)11-16(14(23)3)20(24)22-10-9-19-17(12-22)15-7-5-6-8-18(15)21-19/h5-8,11,21H,4,9-10,12H2,1-3H3. The van der Waals surface area contributed by atoms with Gasteiger partial charge in [-0.2, -0.15) is 0 Å². The summed E-state index contributed by atoms with van der Waals surface area (Å²) in [6.07, 6.45) is 0.891. The molecule has 24 heavy (non-hydrogen) atoms. The second kappa shape index (κ2) is 5.55. The number of carbonyl (C=O) groups is 1. The summed E-state index contributed by atoms with van der Waals surface area (Å²) in [5, 5.41) is 1.24. The molecule has 124 valence electrons. The molecular formula is C20H23N3O. The van der Waals surface area contributed by atoms with Crippen molar-refractivity contribution >= 4 is 16.8 Å². The Balaban J connectivity index is 1.68. The summed E-state index contributed by atoms with van der Waals surface area (Å²) in [6, 6.07) is 10.4. The van der Waals surface area contributed by atoms with Crippen LogP contribution in [0.5, 0.6) is 0 Å². The highest BCUT2D eigenvalue weighted by Gasteiger charge is 2.26. The van der Waals surface area contributed by atoms with E-state index in [9.17, 15) is 4.79 Å². The summed E-state index contributed by atoms with van der Waals surface area (Å²) in [4.78, 5) is 18.6. The van der Waals surface area contributed by atoms with Gasteiger partial charge in [-0.15, -0.1) is 0 Å². The maximum atomic E-state index is 13.1. The minimum atomic E-state index is 0.152. The third kappa shape index (κ3) is 2.17. The molecule has 1 aromatic carbocycles. The van der Waals surface area contributed by atoms with Crippen molar-refractivity contribution < 1.29 is 4.79 Å². The summed E-state index contributed by atoms with van der Waals surface area (Å²) in [5.41, 5.74) is 6.79. The first kappa shape index (κ1) is 15.1. The monoisotopic (exact) mass is 321 g/mol. The minimum Gasteiger partial charge on any atom is -0.358 e. The number of aromatic nitrogens is 2. The quantitative estimate of drug-likeness (QED) is 0.766. The second-order valence-electron chi connectivity index (χ2n) is 6.63. The lowest BCUT2D eigenvalue weighted by Crippen LogP contribution is -2.36. The van der Waals surface area contributed by atoms with Crippen LogP contribution in [0.3, 0.4) is 0 Å². The van der Waals surface area contributed by atoms with Gasteiger partial charge in [-0.25, -0.2) is 0 Å². The van der Waals surface area contributed by atoms with Crippen molar-refractivity contribution in [2.45, 2.75) is 40.3 Å². The van der Waals surface area contributed by atoms with Crippen LogP contribution in [0.2, 0.25) is 0 Å². The van der Waals surface area contributed by atoms with Gasteiger partial charge in [0.15, 0.2) is 0 Å². The van der Waals surface area contributed by atoms with E-state index in [1.165, 1.54) is 22.2 Å². The van der Waals surface area contributed by atoms with Gasteiger partial charge in [0, 0.05) is 59.6 Å². The lowest BCUT2D eigenvalue weighted by atomic mass is 10.0. The molecule has 2 aromatic heterocycles. The van der Waals surface area contributed by atoms with E-state index in [1.54, 1.807) is 0 Å². The first-order chi connectivity index (χ1) is 11.6. The van der Waals surface area contributed by atoms with Gasteiger partial charge >= 0.3 is 0 Å². The molecule has 3 aromatic rings. The molecule has 4 rings (SSSR count). The number of aryl methyl sites for hydroxylation is 1. The molecule has 4 nitrogen and oxygen atoms in total. The lowest BCUT2D eigenvalue weighted by molar-refractivity contribution is 0.0734. The molecule has 0 bridgehead atoms. The molecule has 0 radical (unpaired) electrons. The van der Waals surface area contributed by atoms with Crippen LogP contribution in [0, 0.1) is 13.8 Å². The van der Waals surface area contributed by atoms with Crippen molar-refractivity contribution in [3.05, 3.63) is 58.5 Å². The fourth-order valence-electron chi connectivity index (χ4n) is 4.01. The van der Waals surface area contributed by atoms with Gasteiger partial charge in [0.2, 0.25) is 0 Å². The molecular weight excluding hydrogens is 298 g/mol. The number of amides is 1. The van der Waals surface area contributed by atoms with E-state index in [-0.39, 0.29) is 5.91 Å². The summed E-state index contributed by atoms with van der Waals surface area (Å²) >= 11 is 0. The highest BCUT2D eigenvalue weighted by atomic mass is 16.2. The minimum absolute atomic E-state index is 0.152. The van der Waals surface area contributed by atoms with Crippen LogP contribution in [0.4, 0.5) is 0 Å². The first-order valence-corrected chi connectivity index (χ1v) is 8.64. The zero-order valence-electron chi connectivity index (χ0n) is 14.5. The van der Waals surface area contributed by atoms with Crippen molar-refractivity contribution in [1.82, 2.24) is 14.5 Å². The number of H-pyrrole nitrogens is 1. The number of benzene rings is 1. The summed E-state index contributed by atoms with van der Waals surface area (Å²) in [5.74, 6) is 0.152. The molecule has 0 spiro atoms. The average Bonchev–Trinajstić information content (AvgIpc) is 3.10. The average molecular weight is 321 g/mol. The Morgan fingerprint density at radius 1 is 1.25 bits per heavy atom. The van der Waals surface area contributed by atoms with E-state index in [2.05, 4.69) is 41.6 Å². The van der Waals surface area contributed by atoms with Crippen molar-refractivity contribution in [2.24, 2.45) is 0 Å². The maximum absolute atomic E-state index is 13.1. The molecule has 1 aliphatic rings. The molecule has 0 saturated carbocycles. The Hall–Kier alpha value is -2.49. The van der Waals surface area contributed by atoms with E-state index < -0.39 is 0 Å². The van der Waals surface area contributed by atoms with Crippen LogP contribution in [0.25, 0.3) is 10.9 Å². The number of hydrogen-bond donors (Lipinski definition) is 1. The first-order valence-electron chi connectivity index (χ1n) is 8.64. The Labute approximate surface area is 142 Å². The van der Waals surface area contributed by atoms with E-state index in [4.69, 9.17) is 0 Å². The number of carbonyl (C=O) groups excluding carboxylic acids is 1. The number of hydrogen-bond acceptors (Lipinski definition) is 1. The van der Waals surface area contributed by atoms with E-state index in [0.29, 0.717) is 6.54 Å². The van der Waals surface area contributed by atoms with Gasteiger partial charge in [0.25, 0.3) is 5.91 Å². The SMILES string of the molecule is CCn1c(C)cc(C(=O)N2CCc3[nH]c4ccccc4c3C2)c1C. The number of rotatable bonds is 2. The third-order valence-electron chi connectivity index (χ3n) is 5.29. The summed E-state index contributed by atoms with van der Waals surface area (Å²) in [7, 11) is 0. The molecule has 0 unspecified atom stereocenters. The van der Waals surface area contributed by atoms with E-state index in [1.807, 2.05) is 24.0 Å². The van der Waals surface area contributed by atoms with Crippen LogP contribution in [-0.4, -0.2) is 26.9 Å². The smallest absolute Gasteiger partial charge is 0.255 e. The zero-order chi connectivity index (χ0) is 16.8. The van der Waals surface area contributed by atoms with Crippen LogP contribution >= 0.6 is 0 Å². The van der Waals surface area contributed by atoms with Gasteiger partial charge in [-0.1, -0.05) is 18.2 Å². The van der Waals surface area contributed by atoms with Gasteiger partial charge in [0.1, 0.15) is 0 Å². The highest BCUT2D eigenvalue weighted by Crippen LogP contribution is 2.29. The third-order valence-corrected chi connectivity index (χ3v) is 5.29. The Kier molecular flexibility index (Phi) is 3.48. The maximum Gasteiger partial charge on any atom is 0.255 e. The fourth-order valence-corrected chi connectivity index (χ4v) is 4.01. The summed E-state index contributed by atoms with van der Waals surface area (Å²) < 4.78 is 2.20. The fraction of sp³-hybridized carbons (Fsp3) is 0.350. The molecule has 0 fully saturated rings. The van der Waals surface area contributed by atoms with Crippen LogP contribution < -0.4 is 0 Å². The predicted octanol–water partition coefficient (Wildman–Crippen LogP) is 3.80. The Morgan fingerprint density at radius 2 is 2.04 bits per heavy atom.